The summed E-state index contributed by atoms with van der Waals surface area (Å²) in [4.78, 5) is 0. The van der Waals surface area contributed by atoms with Crippen molar-refractivity contribution in [3.8, 4) is 0 Å². The van der Waals surface area contributed by atoms with Crippen LogP contribution >= 0.6 is 0 Å². The molecule has 0 aromatic heterocycles. The van der Waals surface area contributed by atoms with Crippen LogP contribution in [0, 0.1) is 5.41 Å². The van der Waals surface area contributed by atoms with Gasteiger partial charge in [0, 0.05) is 29.4 Å². The molecule has 1 rings (SSSR count). The van der Waals surface area contributed by atoms with Gasteiger partial charge in [0.25, 0.3) is 0 Å². The van der Waals surface area contributed by atoms with E-state index in [0.29, 0.717) is 11.9 Å². The zero-order chi connectivity index (χ0) is 21.5. The van der Waals surface area contributed by atoms with Gasteiger partial charge in [-0.3, -0.25) is 5.01 Å². The smallest absolute Gasteiger partial charge is 0.368 e. The third-order valence-corrected chi connectivity index (χ3v) is 3.72. The number of nitrogens with zero attached hydrogens (tertiary/aromatic N) is 2. The van der Waals surface area contributed by atoms with E-state index in [1.165, 1.54) is 17.2 Å². The number of hydrogen-bond donors (Lipinski definition) is 3. The second kappa shape index (κ2) is 9.68. The quantitative estimate of drug-likeness (QED) is 0.414. The molecule has 5 nitrogen and oxygen atoms in total. The molecule has 0 saturated carbocycles. The van der Waals surface area contributed by atoms with Crippen LogP contribution in [-0.2, 0) is 0 Å². The van der Waals surface area contributed by atoms with E-state index < -0.39 is 11.9 Å². The summed E-state index contributed by atoms with van der Waals surface area (Å²) in [6.07, 6.45) is 4.70. The summed E-state index contributed by atoms with van der Waals surface area (Å²) in [6, 6.07) is 0. The van der Waals surface area contributed by atoms with E-state index in [1.54, 1.807) is 24.2 Å². The van der Waals surface area contributed by atoms with Gasteiger partial charge < -0.3 is 16.0 Å². The number of halogens is 3. The maximum atomic E-state index is 13.6. The Balaban J connectivity index is 3.48. The lowest BCUT2D eigenvalue weighted by atomic mass is 10.2. The summed E-state index contributed by atoms with van der Waals surface area (Å²) in [6.45, 7) is 16.3. The summed E-state index contributed by atoms with van der Waals surface area (Å²) in [5.74, 6) is 0.0638. The van der Waals surface area contributed by atoms with Gasteiger partial charge in [-0.1, -0.05) is 31.9 Å². The van der Waals surface area contributed by atoms with Crippen LogP contribution in [0.15, 0.2) is 84.8 Å². The number of alkyl halides is 3. The minimum absolute atomic E-state index is 0.0638. The highest BCUT2D eigenvalue weighted by Gasteiger charge is 2.37. The molecular formula is C20H26F3N5. The SMILES string of the molecule is C=C/C=C(/N/C(=C(/C=C)C=N)C(F)(F)F)N(C(=C)C)N1C=CC=C(C)NC1C. The molecule has 0 aromatic rings. The molecule has 0 bridgehead atoms. The molecule has 0 radical (unpaired) electrons. The Hall–Kier alpha value is -3.16. The van der Waals surface area contributed by atoms with Gasteiger partial charge in [-0.25, -0.2) is 5.01 Å². The zero-order valence-electron chi connectivity index (χ0n) is 16.3. The molecule has 3 N–H and O–H groups in total. The van der Waals surface area contributed by atoms with E-state index in [9.17, 15) is 13.2 Å². The van der Waals surface area contributed by atoms with Gasteiger partial charge in [-0.15, -0.1) is 0 Å². The van der Waals surface area contributed by atoms with Gasteiger partial charge in [0.2, 0.25) is 0 Å². The van der Waals surface area contributed by atoms with Crippen LogP contribution in [0.25, 0.3) is 0 Å². The molecule has 1 heterocycles. The lowest BCUT2D eigenvalue weighted by Crippen LogP contribution is -2.50. The first-order valence-electron chi connectivity index (χ1n) is 8.46. The van der Waals surface area contributed by atoms with E-state index in [-0.39, 0.29) is 17.6 Å². The van der Waals surface area contributed by atoms with Crippen molar-refractivity contribution >= 4 is 6.21 Å². The Bertz CT molecular complexity index is 746. The Morgan fingerprint density at radius 3 is 2.50 bits per heavy atom. The van der Waals surface area contributed by atoms with Crippen LogP contribution < -0.4 is 10.6 Å². The second-order valence-electron chi connectivity index (χ2n) is 6.03. The van der Waals surface area contributed by atoms with Gasteiger partial charge in [0.1, 0.15) is 17.7 Å². The predicted molar refractivity (Wildman–Crippen MR) is 107 cm³/mol. The maximum Gasteiger partial charge on any atom is 0.431 e. The number of hydrazine groups is 1. The van der Waals surface area contributed by atoms with Gasteiger partial charge in [-0.05, 0) is 39.0 Å². The van der Waals surface area contributed by atoms with Crippen molar-refractivity contribution in [2.24, 2.45) is 0 Å². The first kappa shape index (κ1) is 22.9. The minimum Gasteiger partial charge on any atom is -0.368 e. The summed E-state index contributed by atoms with van der Waals surface area (Å²) in [5.41, 5.74) is -0.122. The van der Waals surface area contributed by atoms with E-state index in [1.807, 2.05) is 19.9 Å². The molecule has 1 aliphatic heterocycles. The van der Waals surface area contributed by atoms with Crippen LogP contribution in [0.4, 0.5) is 13.2 Å². The van der Waals surface area contributed by atoms with Crippen LogP contribution in [0.2, 0.25) is 0 Å². The molecule has 28 heavy (non-hydrogen) atoms. The molecule has 0 saturated heterocycles. The standard InChI is InChI=1S/C20H26F3N5/c1-7-10-18(26-19(20(21,22)23)17(8-2)13-24)28(14(3)4)27-12-9-11-15(5)25-16(27)6/h7-13,16,24-26H,1-3H2,4-6H3/b18-10-,19-17-,24-13?. The lowest BCUT2D eigenvalue weighted by molar-refractivity contribution is -0.0977. The van der Waals surface area contributed by atoms with E-state index in [0.717, 1.165) is 11.8 Å². The second-order valence-corrected chi connectivity index (χ2v) is 6.03. The fraction of sp³-hybridized carbons (Fsp3) is 0.250. The summed E-state index contributed by atoms with van der Waals surface area (Å²) in [7, 11) is 0. The van der Waals surface area contributed by atoms with E-state index in [2.05, 4.69) is 30.4 Å². The highest BCUT2D eigenvalue weighted by molar-refractivity contribution is 5.81. The number of rotatable bonds is 8. The number of hydrogen-bond acceptors (Lipinski definition) is 5. The summed E-state index contributed by atoms with van der Waals surface area (Å²) >= 11 is 0. The highest BCUT2D eigenvalue weighted by Crippen LogP contribution is 2.29. The molecule has 152 valence electrons. The highest BCUT2D eigenvalue weighted by atomic mass is 19.4. The Kier molecular flexibility index (Phi) is 7.91. The fourth-order valence-electron chi connectivity index (χ4n) is 2.56. The normalized spacial score (nSPS) is 18.2. The molecule has 0 aliphatic carbocycles. The molecule has 0 spiro atoms. The van der Waals surface area contributed by atoms with Crippen molar-refractivity contribution in [1.29, 1.82) is 5.41 Å². The molecular weight excluding hydrogens is 367 g/mol. The summed E-state index contributed by atoms with van der Waals surface area (Å²) < 4.78 is 40.9. The van der Waals surface area contributed by atoms with Crippen molar-refractivity contribution in [3.63, 3.8) is 0 Å². The monoisotopic (exact) mass is 393 g/mol. The molecule has 8 heteroatoms. The Labute approximate surface area is 164 Å². The van der Waals surface area contributed by atoms with Crippen LogP contribution in [0.1, 0.15) is 20.8 Å². The van der Waals surface area contributed by atoms with Gasteiger partial charge >= 0.3 is 6.18 Å². The third kappa shape index (κ3) is 5.67. The maximum absolute atomic E-state index is 13.6. The van der Waals surface area contributed by atoms with Crippen molar-refractivity contribution in [1.82, 2.24) is 20.7 Å². The van der Waals surface area contributed by atoms with Gasteiger partial charge in [0.05, 0.1) is 0 Å². The van der Waals surface area contributed by atoms with Crippen LogP contribution in [0.3, 0.4) is 0 Å². The van der Waals surface area contributed by atoms with E-state index in [4.69, 9.17) is 5.41 Å². The topological polar surface area (TPSA) is 54.4 Å². The van der Waals surface area contributed by atoms with Crippen LogP contribution in [-0.4, -0.2) is 28.6 Å². The van der Waals surface area contributed by atoms with Crippen molar-refractivity contribution in [2.45, 2.75) is 33.1 Å². The first-order valence-corrected chi connectivity index (χ1v) is 8.46. The largest absolute Gasteiger partial charge is 0.431 e. The molecule has 1 atom stereocenters. The van der Waals surface area contributed by atoms with Crippen molar-refractivity contribution < 1.29 is 13.2 Å². The van der Waals surface area contributed by atoms with Crippen molar-refractivity contribution in [2.75, 3.05) is 0 Å². The van der Waals surface area contributed by atoms with Gasteiger partial charge in [-0.2, -0.15) is 13.2 Å². The van der Waals surface area contributed by atoms with Crippen LogP contribution in [0.5, 0.6) is 0 Å². The number of nitrogens with one attached hydrogen (secondary N) is 3. The first-order chi connectivity index (χ1) is 13.1. The molecule has 0 aromatic carbocycles. The minimum atomic E-state index is -4.72. The molecule has 0 fully saturated rings. The van der Waals surface area contributed by atoms with Gasteiger partial charge in [0.15, 0.2) is 0 Å². The molecule has 1 aliphatic rings. The Morgan fingerprint density at radius 2 is 2.04 bits per heavy atom. The third-order valence-electron chi connectivity index (χ3n) is 3.72. The fourth-order valence-corrected chi connectivity index (χ4v) is 2.56. The van der Waals surface area contributed by atoms with Crippen molar-refractivity contribution in [3.05, 3.63) is 84.8 Å². The average Bonchev–Trinajstić information content (AvgIpc) is 2.74. The lowest BCUT2D eigenvalue weighted by Gasteiger charge is -2.41. The van der Waals surface area contributed by atoms with E-state index >= 15 is 0 Å². The Morgan fingerprint density at radius 1 is 1.39 bits per heavy atom. The molecule has 1 unspecified atom stereocenters. The molecule has 0 amide bonds. The summed E-state index contributed by atoms with van der Waals surface area (Å²) in [5, 5.41) is 16.1. The number of allylic oxidation sites excluding steroid dienone is 9. The zero-order valence-corrected chi connectivity index (χ0v) is 16.3. The average molecular weight is 393 g/mol. The predicted octanol–water partition coefficient (Wildman–Crippen LogP) is 4.67.